The molecule has 1 unspecified atom stereocenters. The summed E-state index contributed by atoms with van der Waals surface area (Å²) in [5.41, 5.74) is -0.805. The lowest BCUT2D eigenvalue weighted by atomic mass is 10.1. The SMILES string of the molecule is O=C(NC1CCCNCC1)c1cc(C(F)(F)F)ccc1Br. The zero-order chi connectivity index (χ0) is 15.5. The van der Waals surface area contributed by atoms with Gasteiger partial charge in [-0.05, 0) is 66.5 Å². The van der Waals surface area contributed by atoms with Gasteiger partial charge in [-0.1, -0.05) is 0 Å². The molecule has 1 amide bonds. The van der Waals surface area contributed by atoms with Gasteiger partial charge in [-0.3, -0.25) is 4.79 Å². The third-order valence-electron chi connectivity index (χ3n) is 3.45. The van der Waals surface area contributed by atoms with Crippen molar-refractivity contribution in [1.82, 2.24) is 10.6 Å². The maximum atomic E-state index is 12.7. The number of amides is 1. The molecular weight excluding hydrogens is 349 g/mol. The molecule has 0 bridgehead atoms. The van der Waals surface area contributed by atoms with E-state index in [0.29, 0.717) is 4.47 Å². The second-order valence-electron chi connectivity index (χ2n) is 5.04. The largest absolute Gasteiger partial charge is 0.416 e. The van der Waals surface area contributed by atoms with Crippen molar-refractivity contribution in [3.05, 3.63) is 33.8 Å². The maximum absolute atomic E-state index is 12.7. The van der Waals surface area contributed by atoms with Crippen molar-refractivity contribution >= 4 is 21.8 Å². The van der Waals surface area contributed by atoms with Gasteiger partial charge in [0, 0.05) is 10.5 Å². The molecule has 1 saturated heterocycles. The highest BCUT2D eigenvalue weighted by molar-refractivity contribution is 9.10. The summed E-state index contributed by atoms with van der Waals surface area (Å²) in [6.45, 7) is 1.70. The van der Waals surface area contributed by atoms with Gasteiger partial charge in [0.1, 0.15) is 0 Å². The van der Waals surface area contributed by atoms with Gasteiger partial charge in [0.15, 0.2) is 0 Å². The van der Waals surface area contributed by atoms with Crippen LogP contribution in [0, 0.1) is 0 Å². The van der Waals surface area contributed by atoms with Crippen LogP contribution >= 0.6 is 15.9 Å². The molecule has 2 N–H and O–H groups in total. The highest BCUT2D eigenvalue weighted by Gasteiger charge is 2.31. The van der Waals surface area contributed by atoms with E-state index in [9.17, 15) is 18.0 Å². The molecule has 116 valence electrons. The molecule has 1 aliphatic heterocycles. The summed E-state index contributed by atoms with van der Waals surface area (Å²) in [6, 6.07) is 3.09. The first kappa shape index (κ1) is 16.3. The number of hydrogen-bond donors (Lipinski definition) is 2. The molecule has 3 nitrogen and oxygen atoms in total. The number of alkyl halides is 3. The number of benzene rings is 1. The molecule has 21 heavy (non-hydrogen) atoms. The Balaban J connectivity index is 2.14. The second kappa shape index (κ2) is 6.79. The monoisotopic (exact) mass is 364 g/mol. The maximum Gasteiger partial charge on any atom is 0.416 e. The summed E-state index contributed by atoms with van der Waals surface area (Å²) in [6.07, 6.45) is -1.91. The number of rotatable bonds is 2. The molecule has 1 aromatic rings. The van der Waals surface area contributed by atoms with Crippen LogP contribution in [-0.4, -0.2) is 25.0 Å². The standard InChI is InChI=1S/C14H16BrF3N2O/c15-12-4-3-9(14(16,17)18)8-11(12)13(21)20-10-2-1-6-19-7-5-10/h3-4,8,10,19H,1-2,5-7H2,(H,20,21). The van der Waals surface area contributed by atoms with Crippen LogP contribution in [0.15, 0.2) is 22.7 Å². The fraction of sp³-hybridized carbons (Fsp3) is 0.500. The fourth-order valence-electron chi connectivity index (χ4n) is 2.30. The van der Waals surface area contributed by atoms with Crippen molar-refractivity contribution in [1.29, 1.82) is 0 Å². The van der Waals surface area contributed by atoms with E-state index in [1.54, 1.807) is 0 Å². The van der Waals surface area contributed by atoms with Gasteiger partial charge in [-0.15, -0.1) is 0 Å². The third-order valence-corrected chi connectivity index (χ3v) is 4.14. The summed E-state index contributed by atoms with van der Waals surface area (Å²) >= 11 is 3.14. The Hall–Kier alpha value is -1.08. The predicted octanol–water partition coefficient (Wildman–Crippen LogP) is 3.34. The Bertz CT molecular complexity index is 511. The fourth-order valence-corrected chi connectivity index (χ4v) is 2.73. The van der Waals surface area contributed by atoms with E-state index in [0.717, 1.165) is 44.5 Å². The molecule has 7 heteroatoms. The summed E-state index contributed by atoms with van der Waals surface area (Å²) in [7, 11) is 0. The van der Waals surface area contributed by atoms with Gasteiger partial charge in [0.25, 0.3) is 5.91 Å². The first-order valence-electron chi connectivity index (χ1n) is 6.76. The van der Waals surface area contributed by atoms with Crippen LogP contribution < -0.4 is 10.6 Å². The van der Waals surface area contributed by atoms with Crippen LogP contribution in [0.25, 0.3) is 0 Å². The van der Waals surface area contributed by atoms with E-state index in [1.807, 2.05) is 0 Å². The Labute approximate surface area is 129 Å². The number of carbonyl (C=O) groups excluding carboxylic acids is 1. The number of hydrogen-bond acceptors (Lipinski definition) is 2. The van der Waals surface area contributed by atoms with Gasteiger partial charge >= 0.3 is 6.18 Å². The molecule has 0 aromatic heterocycles. The van der Waals surface area contributed by atoms with Crippen molar-refractivity contribution < 1.29 is 18.0 Å². The average Bonchev–Trinajstić information content (AvgIpc) is 2.66. The summed E-state index contributed by atoms with van der Waals surface area (Å²) < 4.78 is 38.5. The Morgan fingerprint density at radius 1 is 1.29 bits per heavy atom. The molecule has 1 fully saturated rings. The van der Waals surface area contributed by atoms with E-state index < -0.39 is 17.6 Å². The lowest BCUT2D eigenvalue weighted by Gasteiger charge is -2.17. The van der Waals surface area contributed by atoms with Crippen LogP contribution in [0.1, 0.15) is 35.2 Å². The number of halogens is 4. The number of nitrogens with one attached hydrogen (secondary N) is 2. The predicted molar refractivity (Wildman–Crippen MR) is 77.1 cm³/mol. The first-order chi connectivity index (χ1) is 9.88. The summed E-state index contributed by atoms with van der Waals surface area (Å²) in [4.78, 5) is 12.2. The van der Waals surface area contributed by atoms with E-state index in [-0.39, 0.29) is 11.6 Å². The van der Waals surface area contributed by atoms with Crippen molar-refractivity contribution in [3.63, 3.8) is 0 Å². The zero-order valence-corrected chi connectivity index (χ0v) is 12.9. The van der Waals surface area contributed by atoms with E-state index in [4.69, 9.17) is 0 Å². The molecule has 2 rings (SSSR count). The van der Waals surface area contributed by atoms with Crippen molar-refractivity contribution in [2.45, 2.75) is 31.5 Å². The first-order valence-corrected chi connectivity index (χ1v) is 7.55. The molecule has 1 heterocycles. The zero-order valence-electron chi connectivity index (χ0n) is 11.3. The van der Waals surface area contributed by atoms with Gasteiger partial charge in [-0.25, -0.2) is 0 Å². The molecule has 0 saturated carbocycles. The summed E-state index contributed by atoms with van der Waals surface area (Å²) in [5.74, 6) is -0.472. The van der Waals surface area contributed by atoms with Crippen LogP contribution in [0.3, 0.4) is 0 Å². The lowest BCUT2D eigenvalue weighted by Crippen LogP contribution is -2.35. The van der Waals surface area contributed by atoms with Crippen molar-refractivity contribution in [3.8, 4) is 0 Å². The topological polar surface area (TPSA) is 41.1 Å². The Morgan fingerprint density at radius 2 is 2.05 bits per heavy atom. The van der Waals surface area contributed by atoms with Crippen molar-refractivity contribution in [2.24, 2.45) is 0 Å². The van der Waals surface area contributed by atoms with Crippen molar-refractivity contribution in [2.75, 3.05) is 13.1 Å². The van der Waals surface area contributed by atoms with Gasteiger partial charge in [0.05, 0.1) is 11.1 Å². The van der Waals surface area contributed by atoms with E-state index in [2.05, 4.69) is 26.6 Å². The minimum Gasteiger partial charge on any atom is -0.349 e. The van der Waals surface area contributed by atoms with Gasteiger partial charge < -0.3 is 10.6 Å². The van der Waals surface area contributed by atoms with Crippen LogP contribution in [0.5, 0.6) is 0 Å². The second-order valence-corrected chi connectivity index (χ2v) is 5.90. The highest BCUT2D eigenvalue weighted by atomic mass is 79.9. The normalized spacial score (nSPS) is 19.9. The Morgan fingerprint density at radius 3 is 2.76 bits per heavy atom. The average molecular weight is 365 g/mol. The van der Waals surface area contributed by atoms with Gasteiger partial charge in [-0.2, -0.15) is 13.2 Å². The molecule has 0 aliphatic carbocycles. The minimum absolute atomic E-state index is 0.00561. The highest BCUT2D eigenvalue weighted by Crippen LogP contribution is 2.31. The van der Waals surface area contributed by atoms with E-state index >= 15 is 0 Å². The third kappa shape index (κ3) is 4.44. The van der Waals surface area contributed by atoms with Gasteiger partial charge in [0.2, 0.25) is 0 Å². The lowest BCUT2D eigenvalue weighted by molar-refractivity contribution is -0.137. The molecule has 1 atom stereocenters. The molecule has 1 aromatic carbocycles. The van der Waals surface area contributed by atoms with Crippen LogP contribution in [0.2, 0.25) is 0 Å². The molecular formula is C14H16BrF3N2O. The molecule has 0 spiro atoms. The minimum atomic E-state index is -4.46. The number of carbonyl (C=O) groups is 1. The Kier molecular flexibility index (Phi) is 5.27. The quantitative estimate of drug-likeness (QED) is 0.844. The molecule has 0 radical (unpaired) electrons. The van der Waals surface area contributed by atoms with Crippen LogP contribution in [-0.2, 0) is 6.18 Å². The van der Waals surface area contributed by atoms with E-state index in [1.165, 1.54) is 6.07 Å². The molecule has 1 aliphatic rings. The van der Waals surface area contributed by atoms with Crippen LogP contribution in [0.4, 0.5) is 13.2 Å². The summed E-state index contributed by atoms with van der Waals surface area (Å²) in [5, 5.41) is 6.04. The smallest absolute Gasteiger partial charge is 0.349 e.